The van der Waals surface area contributed by atoms with Gasteiger partial charge >= 0.3 is 5.97 Å². The molecule has 0 aromatic carbocycles. The summed E-state index contributed by atoms with van der Waals surface area (Å²) >= 11 is 0. The van der Waals surface area contributed by atoms with Crippen LogP contribution in [0.1, 0.15) is 53.4 Å². The Morgan fingerprint density at radius 1 is 1.13 bits per heavy atom. The lowest BCUT2D eigenvalue weighted by Gasteiger charge is -2.59. The molecule has 4 aliphatic heterocycles. The first kappa shape index (κ1) is 15.8. The van der Waals surface area contributed by atoms with Crippen LogP contribution in [0.5, 0.6) is 0 Å². The third kappa shape index (κ3) is 2.18. The van der Waals surface area contributed by atoms with Gasteiger partial charge in [-0.05, 0) is 38.0 Å². The molecule has 6 nitrogen and oxygen atoms in total. The lowest BCUT2D eigenvalue weighted by atomic mass is 9.58. The Balaban J connectivity index is 1.74. The second kappa shape index (κ2) is 5.15. The number of hydrogen-bond acceptors (Lipinski definition) is 6. The average Bonchev–Trinajstić information content (AvgIpc) is 2.70. The van der Waals surface area contributed by atoms with E-state index in [1.807, 2.05) is 6.92 Å². The Hall–Kier alpha value is -0.690. The van der Waals surface area contributed by atoms with E-state index in [0.717, 1.165) is 25.7 Å². The number of rotatable bonds is 1. The summed E-state index contributed by atoms with van der Waals surface area (Å²) in [5.74, 6) is -0.0347. The molecule has 0 N–H and O–H groups in total. The molecule has 5 fully saturated rings. The van der Waals surface area contributed by atoms with Gasteiger partial charge < -0.3 is 14.2 Å². The van der Waals surface area contributed by atoms with Crippen molar-refractivity contribution >= 4 is 5.97 Å². The molecule has 6 heteroatoms. The van der Waals surface area contributed by atoms with Crippen molar-refractivity contribution < 1.29 is 28.8 Å². The fraction of sp³-hybridized carbons (Fsp3) is 0.941. The Morgan fingerprint density at radius 2 is 1.91 bits per heavy atom. The minimum absolute atomic E-state index is 0.0415. The van der Waals surface area contributed by atoms with Crippen molar-refractivity contribution in [2.45, 2.75) is 77.3 Å². The largest absolute Gasteiger partial charge is 0.436 e. The Bertz CT molecular complexity index is 509. The molecule has 0 aromatic heterocycles. The number of hydrogen-bond donors (Lipinski definition) is 0. The molecule has 2 bridgehead atoms. The topological polar surface area (TPSA) is 63.2 Å². The van der Waals surface area contributed by atoms with Gasteiger partial charge in [-0.3, -0.25) is 4.79 Å². The first-order valence-corrected chi connectivity index (χ1v) is 8.73. The quantitative estimate of drug-likeness (QED) is 0.545. The zero-order valence-corrected chi connectivity index (χ0v) is 14.2. The second-order valence-corrected chi connectivity index (χ2v) is 7.88. The molecule has 5 aliphatic rings. The van der Waals surface area contributed by atoms with Gasteiger partial charge in [0, 0.05) is 25.2 Å². The maximum Gasteiger partial charge on any atom is 0.304 e. The summed E-state index contributed by atoms with van der Waals surface area (Å²) in [6.45, 7) is 7.64. The monoisotopic (exact) mass is 326 g/mol. The normalized spacial score (nSPS) is 55.0. The van der Waals surface area contributed by atoms with E-state index >= 15 is 0 Å². The van der Waals surface area contributed by atoms with Crippen LogP contribution < -0.4 is 0 Å². The molecule has 0 radical (unpaired) electrons. The molecule has 23 heavy (non-hydrogen) atoms. The van der Waals surface area contributed by atoms with E-state index in [4.69, 9.17) is 24.0 Å². The molecular formula is C17H26O6. The van der Waals surface area contributed by atoms with Crippen LogP contribution in [0.4, 0.5) is 0 Å². The molecule has 4 heterocycles. The van der Waals surface area contributed by atoms with Gasteiger partial charge in [-0.2, -0.15) is 0 Å². The highest BCUT2D eigenvalue weighted by Crippen LogP contribution is 2.60. The molecule has 5 rings (SSSR count). The summed E-state index contributed by atoms with van der Waals surface area (Å²) in [6, 6.07) is 0. The van der Waals surface area contributed by atoms with Crippen LogP contribution in [0.25, 0.3) is 0 Å². The highest BCUT2D eigenvalue weighted by Gasteiger charge is 2.69. The minimum atomic E-state index is -0.793. The van der Waals surface area contributed by atoms with Crippen LogP contribution in [0.3, 0.4) is 0 Å². The fourth-order valence-corrected chi connectivity index (χ4v) is 5.17. The fourth-order valence-electron chi connectivity index (χ4n) is 5.17. The molecule has 1 spiro atoms. The van der Waals surface area contributed by atoms with Crippen LogP contribution in [-0.4, -0.2) is 29.9 Å². The van der Waals surface area contributed by atoms with Gasteiger partial charge in [0.15, 0.2) is 11.9 Å². The molecule has 1 unspecified atom stereocenters. The zero-order valence-electron chi connectivity index (χ0n) is 14.2. The molecule has 1 saturated carbocycles. The second-order valence-electron chi connectivity index (χ2n) is 7.88. The van der Waals surface area contributed by atoms with E-state index in [2.05, 4.69) is 13.8 Å². The lowest BCUT2D eigenvalue weighted by Crippen LogP contribution is -2.70. The number of ether oxygens (including phenoxy) is 3. The van der Waals surface area contributed by atoms with E-state index in [-0.39, 0.29) is 17.8 Å². The highest BCUT2D eigenvalue weighted by molar-refractivity contribution is 5.66. The van der Waals surface area contributed by atoms with Crippen molar-refractivity contribution in [3.05, 3.63) is 0 Å². The summed E-state index contributed by atoms with van der Waals surface area (Å²) in [6.07, 6.45) is 2.78. The molecular weight excluding hydrogens is 300 g/mol. The Labute approximate surface area is 136 Å². The van der Waals surface area contributed by atoms with Crippen molar-refractivity contribution in [2.24, 2.45) is 23.7 Å². The molecule has 130 valence electrons. The van der Waals surface area contributed by atoms with Crippen molar-refractivity contribution in [3.63, 3.8) is 0 Å². The average molecular weight is 326 g/mol. The van der Waals surface area contributed by atoms with Gasteiger partial charge in [0.1, 0.15) is 0 Å². The standard InChI is InChI=1S/C17H26O6/c1-9-5-6-13-10(2)14(19-11(3)18)20-15-17(13)12(9)7-8-16(4,21-15)22-23-17/h9-10,12-15H,5-8H2,1-4H3/t9-,10-,12+,13+,14?,15-,16-,17-/m1/s1. The molecule has 0 amide bonds. The summed E-state index contributed by atoms with van der Waals surface area (Å²) in [7, 11) is 0. The van der Waals surface area contributed by atoms with Gasteiger partial charge in [-0.1, -0.05) is 13.8 Å². The number of carbonyl (C=O) groups excluding carboxylic acids is 1. The van der Waals surface area contributed by atoms with Gasteiger partial charge in [-0.25, -0.2) is 9.78 Å². The smallest absolute Gasteiger partial charge is 0.304 e. The first-order valence-electron chi connectivity index (χ1n) is 8.73. The van der Waals surface area contributed by atoms with E-state index in [9.17, 15) is 4.79 Å². The molecule has 1 aliphatic carbocycles. The van der Waals surface area contributed by atoms with Crippen LogP contribution in [0.2, 0.25) is 0 Å². The molecule has 8 atom stereocenters. The van der Waals surface area contributed by atoms with E-state index in [1.165, 1.54) is 6.92 Å². The first-order chi connectivity index (χ1) is 10.9. The maximum absolute atomic E-state index is 11.4. The Morgan fingerprint density at radius 3 is 2.65 bits per heavy atom. The predicted molar refractivity (Wildman–Crippen MR) is 78.6 cm³/mol. The van der Waals surface area contributed by atoms with Crippen LogP contribution in [0.15, 0.2) is 0 Å². The van der Waals surface area contributed by atoms with Crippen LogP contribution >= 0.6 is 0 Å². The van der Waals surface area contributed by atoms with Crippen molar-refractivity contribution in [2.75, 3.05) is 0 Å². The van der Waals surface area contributed by atoms with Gasteiger partial charge in [-0.15, -0.1) is 0 Å². The third-order valence-electron chi connectivity index (χ3n) is 6.38. The predicted octanol–water partition coefficient (Wildman–Crippen LogP) is 2.76. The lowest BCUT2D eigenvalue weighted by molar-refractivity contribution is -0.576. The van der Waals surface area contributed by atoms with Crippen molar-refractivity contribution in [1.29, 1.82) is 0 Å². The summed E-state index contributed by atoms with van der Waals surface area (Å²) < 4.78 is 17.7. The van der Waals surface area contributed by atoms with Gasteiger partial charge in [0.05, 0.1) is 0 Å². The zero-order chi connectivity index (χ0) is 16.4. The summed E-state index contributed by atoms with van der Waals surface area (Å²) in [5, 5.41) is 0. The Kier molecular flexibility index (Phi) is 3.54. The highest BCUT2D eigenvalue weighted by atomic mass is 17.3. The number of fused-ring (bicyclic) bond motifs is 2. The molecule has 4 saturated heterocycles. The van der Waals surface area contributed by atoms with Crippen LogP contribution in [0, 0.1) is 23.7 Å². The summed E-state index contributed by atoms with van der Waals surface area (Å²) in [4.78, 5) is 23.2. The number of carbonyl (C=O) groups is 1. The van der Waals surface area contributed by atoms with E-state index in [1.54, 1.807) is 0 Å². The minimum Gasteiger partial charge on any atom is -0.436 e. The van der Waals surface area contributed by atoms with Gasteiger partial charge in [0.2, 0.25) is 12.1 Å². The van der Waals surface area contributed by atoms with Gasteiger partial charge in [0.25, 0.3) is 0 Å². The SMILES string of the molecule is CC(=O)OC1O[C@@H]2O[C@@]3(C)CC[C@H]4[C@H](C)CC[C@@H]([C@H]1C)[C@@]24OO3. The number of esters is 1. The third-order valence-corrected chi connectivity index (χ3v) is 6.38. The van der Waals surface area contributed by atoms with Crippen molar-refractivity contribution in [3.8, 4) is 0 Å². The molecule has 0 aromatic rings. The maximum atomic E-state index is 11.4. The summed E-state index contributed by atoms with van der Waals surface area (Å²) in [5.41, 5.74) is -0.594. The van der Waals surface area contributed by atoms with Crippen molar-refractivity contribution in [1.82, 2.24) is 0 Å². The van der Waals surface area contributed by atoms with E-state index in [0.29, 0.717) is 11.8 Å². The van der Waals surface area contributed by atoms with E-state index < -0.39 is 24.0 Å². The van der Waals surface area contributed by atoms with Crippen LogP contribution in [-0.2, 0) is 28.8 Å².